The molecule has 4 heteroatoms. The highest BCUT2D eigenvalue weighted by molar-refractivity contribution is 6.31. The van der Waals surface area contributed by atoms with Crippen LogP contribution in [-0.4, -0.2) is 39.8 Å². The Morgan fingerprint density at radius 2 is 1.00 bits per heavy atom. The molecule has 112 valence electrons. The maximum Gasteiger partial charge on any atom is 0.196 e. The molecule has 2 aromatic carbocycles. The summed E-state index contributed by atoms with van der Waals surface area (Å²) in [6, 6.07) is 10.8. The number of carbonyl (C=O) groups is 2. The van der Waals surface area contributed by atoms with Gasteiger partial charge in [0.2, 0.25) is 0 Å². The third-order valence-corrected chi connectivity index (χ3v) is 3.99. The Labute approximate surface area is 130 Å². The summed E-state index contributed by atoms with van der Waals surface area (Å²) in [5.41, 5.74) is 3.52. The van der Waals surface area contributed by atoms with Crippen molar-refractivity contribution in [1.82, 2.24) is 0 Å². The SMILES string of the molecule is CN(C)c1cccc2c1C(=O)c1cccc(N(C)C)c1C2=O. The van der Waals surface area contributed by atoms with Crippen molar-refractivity contribution < 1.29 is 9.59 Å². The van der Waals surface area contributed by atoms with Crippen LogP contribution in [0.2, 0.25) is 0 Å². The number of fused-ring (bicyclic) bond motifs is 2. The van der Waals surface area contributed by atoms with Crippen LogP contribution in [0.25, 0.3) is 0 Å². The number of ketones is 2. The minimum absolute atomic E-state index is 0.0856. The second-order valence-electron chi connectivity index (χ2n) is 5.85. The number of hydrogen-bond acceptors (Lipinski definition) is 4. The van der Waals surface area contributed by atoms with E-state index in [1.165, 1.54) is 0 Å². The van der Waals surface area contributed by atoms with E-state index in [1.54, 1.807) is 12.1 Å². The van der Waals surface area contributed by atoms with E-state index in [4.69, 9.17) is 0 Å². The zero-order valence-corrected chi connectivity index (χ0v) is 13.2. The van der Waals surface area contributed by atoms with E-state index in [1.807, 2.05) is 62.3 Å². The van der Waals surface area contributed by atoms with Crippen LogP contribution in [0.5, 0.6) is 0 Å². The van der Waals surface area contributed by atoms with Crippen LogP contribution in [0.4, 0.5) is 11.4 Å². The second kappa shape index (κ2) is 4.98. The van der Waals surface area contributed by atoms with Gasteiger partial charge in [0.1, 0.15) is 0 Å². The zero-order valence-electron chi connectivity index (χ0n) is 13.2. The Balaban J connectivity index is 2.33. The highest BCUT2D eigenvalue weighted by atomic mass is 16.1. The first-order valence-electron chi connectivity index (χ1n) is 7.13. The molecule has 0 heterocycles. The maximum atomic E-state index is 13.0. The van der Waals surface area contributed by atoms with E-state index in [9.17, 15) is 9.59 Å². The minimum atomic E-state index is -0.0856. The van der Waals surface area contributed by atoms with E-state index >= 15 is 0 Å². The first kappa shape index (κ1) is 14.3. The van der Waals surface area contributed by atoms with Crippen LogP contribution in [0.3, 0.4) is 0 Å². The number of carbonyl (C=O) groups excluding carboxylic acids is 2. The lowest BCUT2D eigenvalue weighted by atomic mass is 9.82. The first-order valence-corrected chi connectivity index (χ1v) is 7.13. The average Bonchev–Trinajstić information content (AvgIpc) is 2.51. The van der Waals surface area contributed by atoms with E-state index in [-0.39, 0.29) is 11.6 Å². The fraction of sp³-hybridized carbons (Fsp3) is 0.222. The highest BCUT2D eigenvalue weighted by Crippen LogP contribution is 2.36. The molecular formula is C18H18N2O2. The molecule has 0 saturated heterocycles. The molecule has 0 spiro atoms. The van der Waals surface area contributed by atoms with Gasteiger partial charge in [-0.1, -0.05) is 24.3 Å². The van der Waals surface area contributed by atoms with Gasteiger partial charge < -0.3 is 9.80 Å². The standard InChI is InChI=1S/C18H18N2O2/c1-19(2)13-9-5-7-11-15(13)17(21)12-8-6-10-14(20(3)4)16(12)18(11)22/h5-10H,1-4H3. The summed E-state index contributed by atoms with van der Waals surface area (Å²) >= 11 is 0. The van der Waals surface area contributed by atoms with Gasteiger partial charge in [0, 0.05) is 50.7 Å². The van der Waals surface area contributed by atoms with Crippen molar-refractivity contribution in [2.75, 3.05) is 38.0 Å². The highest BCUT2D eigenvalue weighted by Gasteiger charge is 2.34. The molecule has 0 atom stereocenters. The van der Waals surface area contributed by atoms with Crippen molar-refractivity contribution in [2.24, 2.45) is 0 Å². The van der Waals surface area contributed by atoms with Crippen molar-refractivity contribution in [3.63, 3.8) is 0 Å². The Bertz CT molecular complexity index is 724. The minimum Gasteiger partial charge on any atom is -0.377 e. The third-order valence-electron chi connectivity index (χ3n) is 3.99. The fourth-order valence-electron chi connectivity index (χ4n) is 2.95. The molecule has 0 unspecified atom stereocenters. The predicted octanol–water partition coefficient (Wildman–Crippen LogP) is 2.59. The molecule has 0 N–H and O–H groups in total. The summed E-state index contributed by atoms with van der Waals surface area (Å²) in [4.78, 5) is 29.6. The van der Waals surface area contributed by atoms with Crippen LogP contribution in [-0.2, 0) is 0 Å². The number of anilines is 2. The van der Waals surface area contributed by atoms with Crippen LogP contribution in [0.1, 0.15) is 31.8 Å². The molecule has 2 aromatic rings. The predicted molar refractivity (Wildman–Crippen MR) is 88.4 cm³/mol. The van der Waals surface area contributed by atoms with Crippen molar-refractivity contribution in [3.8, 4) is 0 Å². The zero-order chi connectivity index (χ0) is 16.0. The molecule has 0 aromatic heterocycles. The summed E-state index contributed by atoms with van der Waals surface area (Å²) in [7, 11) is 7.50. The second-order valence-corrected chi connectivity index (χ2v) is 5.85. The molecule has 3 rings (SSSR count). The molecule has 0 radical (unpaired) electrons. The number of rotatable bonds is 2. The van der Waals surface area contributed by atoms with Crippen molar-refractivity contribution in [2.45, 2.75) is 0 Å². The lowest BCUT2D eigenvalue weighted by Crippen LogP contribution is -2.26. The van der Waals surface area contributed by atoms with Gasteiger partial charge in [-0.3, -0.25) is 9.59 Å². The fourth-order valence-corrected chi connectivity index (χ4v) is 2.95. The van der Waals surface area contributed by atoms with E-state index in [0.717, 1.165) is 11.4 Å². The molecular weight excluding hydrogens is 276 g/mol. The van der Waals surface area contributed by atoms with Crippen LogP contribution in [0.15, 0.2) is 36.4 Å². The van der Waals surface area contributed by atoms with E-state index in [2.05, 4.69) is 0 Å². The van der Waals surface area contributed by atoms with Gasteiger partial charge in [-0.2, -0.15) is 0 Å². The lowest BCUT2D eigenvalue weighted by molar-refractivity contribution is 0.0980. The number of benzene rings is 2. The molecule has 0 saturated carbocycles. The first-order chi connectivity index (χ1) is 10.4. The molecule has 0 fully saturated rings. The quantitative estimate of drug-likeness (QED) is 0.728. The van der Waals surface area contributed by atoms with Gasteiger partial charge in [-0.15, -0.1) is 0 Å². The molecule has 22 heavy (non-hydrogen) atoms. The van der Waals surface area contributed by atoms with Gasteiger partial charge in [0.05, 0.1) is 11.1 Å². The van der Waals surface area contributed by atoms with Gasteiger partial charge in [-0.25, -0.2) is 0 Å². The van der Waals surface area contributed by atoms with Crippen LogP contribution < -0.4 is 9.80 Å². The Morgan fingerprint density at radius 3 is 1.32 bits per heavy atom. The van der Waals surface area contributed by atoms with E-state index in [0.29, 0.717) is 22.3 Å². The van der Waals surface area contributed by atoms with E-state index < -0.39 is 0 Å². The summed E-state index contributed by atoms with van der Waals surface area (Å²) < 4.78 is 0. The third kappa shape index (κ3) is 1.91. The number of hydrogen-bond donors (Lipinski definition) is 0. The molecule has 4 nitrogen and oxygen atoms in total. The Kier molecular flexibility index (Phi) is 3.24. The summed E-state index contributed by atoms with van der Waals surface area (Å²) in [6.07, 6.45) is 0. The summed E-state index contributed by atoms with van der Waals surface area (Å²) in [6.45, 7) is 0. The van der Waals surface area contributed by atoms with Gasteiger partial charge in [0.25, 0.3) is 0 Å². The summed E-state index contributed by atoms with van der Waals surface area (Å²) in [5, 5.41) is 0. The number of nitrogens with zero attached hydrogens (tertiary/aromatic N) is 2. The summed E-state index contributed by atoms with van der Waals surface area (Å²) in [5.74, 6) is -0.171. The molecule has 1 aliphatic rings. The molecule has 1 aliphatic carbocycles. The van der Waals surface area contributed by atoms with Gasteiger partial charge in [-0.05, 0) is 12.1 Å². The largest absolute Gasteiger partial charge is 0.377 e. The molecule has 0 aliphatic heterocycles. The van der Waals surface area contributed by atoms with Crippen molar-refractivity contribution >= 4 is 22.9 Å². The van der Waals surface area contributed by atoms with Gasteiger partial charge in [0.15, 0.2) is 11.6 Å². The maximum absolute atomic E-state index is 13.0. The topological polar surface area (TPSA) is 40.6 Å². The average molecular weight is 294 g/mol. The smallest absolute Gasteiger partial charge is 0.196 e. The Morgan fingerprint density at radius 1 is 0.636 bits per heavy atom. The monoisotopic (exact) mass is 294 g/mol. The van der Waals surface area contributed by atoms with Crippen LogP contribution in [0, 0.1) is 0 Å². The van der Waals surface area contributed by atoms with Crippen molar-refractivity contribution in [3.05, 3.63) is 58.7 Å². The van der Waals surface area contributed by atoms with Crippen molar-refractivity contribution in [1.29, 1.82) is 0 Å². The molecule has 0 amide bonds. The lowest BCUT2D eigenvalue weighted by Gasteiger charge is -2.26. The van der Waals surface area contributed by atoms with Crippen LogP contribution >= 0.6 is 0 Å². The normalized spacial score (nSPS) is 12.7. The van der Waals surface area contributed by atoms with Gasteiger partial charge >= 0.3 is 0 Å². The Hall–Kier alpha value is -2.62. The molecule has 0 bridgehead atoms.